The van der Waals surface area contributed by atoms with Crippen LogP contribution in [0.3, 0.4) is 0 Å². The zero-order chi connectivity index (χ0) is 18.9. The van der Waals surface area contributed by atoms with Crippen LogP contribution in [0.15, 0.2) is 18.2 Å². The third-order valence-electron chi connectivity index (χ3n) is 6.76. The topological polar surface area (TPSA) is 37.4 Å². The lowest BCUT2D eigenvalue weighted by Gasteiger charge is -2.57. The highest BCUT2D eigenvalue weighted by atomic mass is 35.5. The van der Waals surface area contributed by atoms with Crippen LogP contribution in [0.2, 0.25) is 5.02 Å². The Bertz CT molecular complexity index is 764. The number of benzene rings is 1. The number of anilines is 1. The van der Waals surface area contributed by atoms with Crippen molar-refractivity contribution in [1.29, 1.82) is 0 Å². The Morgan fingerprint density at radius 2 is 1.73 bits per heavy atom. The van der Waals surface area contributed by atoms with Gasteiger partial charge in [-0.1, -0.05) is 45.4 Å². The molecule has 4 rings (SSSR count). The Balaban J connectivity index is 1.90. The second-order valence-electron chi connectivity index (χ2n) is 9.70. The molecular weight excluding hydrogens is 346 g/mol. The van der Waals surface area contributed by atoms with E-state index >= 15 is 0 Å². The summed E-state index contributed by atoms with van der Waals surface area (Å²) in [6, 6.07) is 5.87. The predicted molar refractivity (Wildman–Crippen MR) is 105 cm³/mol. The summed E-state index contributed by atoms with van der Waals surface area (Å²) >= 11 is 6.29. The third kappa shape index (κ3) is 2.54. The van der Waals surface area contributed by atoms with Crippen molar-refractivity contribution < 1.29 is 9.59 Å². The van der Waals surface area contributed by atoms with Crippen molar-refractivity contribution in [2.24, 2.45) is 22.7 Å². The van der Waals surface area contributed by atoms with Gasteiger partial charge in [0.15, 0.2) is 0 Å². The van der Waals surface area contributed by atoms with E-state index in [-0.39, 0.29) is 23.0 Å². The Morgan fingerprint density at radius 3 is 2.38 bits per heavy atom. The maximum atomic E-state index is 13.5. The molecule has 140 valence electrons. The Morgan fingerprint density at radius 1 is 1.08 bits per heavy atom. The monoisotopic (exact) mass is 373 g/mol. The molecule has 2 heterocycles. The highest BCUT2D eigenvalue weighted by molar-refractivity contribution is 6.31. The molecule has 3 aliphatic rings. The van der Waals surface area contributed by atoms with E-state index in [1.807, 2.05) is 32.0 Å². The summed E-state index contributed by atoms with van der Waals surface area (Å²) in [5, 5.41) is 0.715. The molecule has 3 atom stereocenters. The first kappa shape index (κ1) is 18.0. The van der Waals surface area contributed by atoms with E-state index < -0.39 is 5.41 Å². The molecule has 4 heteroatoms. The van der Waals surface area contributed by atoms with Gasteiger partial charge in [-0.05, 0) is 47.8 Å². The number of ketones is 2. The lowest BCUT2D eigenvalue weighted by Crippen LogP contribution is -2.67. The van der Waals surface area contributed by atoms with Crippen LogP contribution in [0.25, 0.3) is 0 Å². The predicted octanol–water partition coefficient (Wildman–Crippen LogP) is 4.69. The number of fused-ring (bicyclic) bond motifs is 4. The van der Waals surface area contributed by atoms with Crippen molar-refractivity contribution in [1.82, 2.24) is 0 Å². The first-order chi connectivity index (χ1) is 12.1. The number of nitrogens with zero attached hydrogens (tertiary/aromatic N) is 1. The fourth-order valence-electron chi connectivity index (χ4n) is 5.88. The lowest BCUT2D eigenvalue weighted by molar-refractivity contribution is -0.152. The molecule has 3 nitrogen and oxygen atoms in total. The summed E-state index contributed by atoms with van der Waals surface area (Å²) in [6.45, 7) is 9.43. The van der Waals surface area contributed by atoms with Crippen LogP contribution in [0, 0.1) is 22.7 Å². The summed E-state index contributed by atoms with van der Waals surface area (Å²) in [5.74, 6) is 1.14. The van der Waals surface area contributed by atoms with Gasteiger partial charge in [-0.2, -0.15) is 0 Å². The highest BCUT2D eigenvalue weighted by Gasteiger charge is 2.61. The molecular formula is C22H28ClNO2. The summed E-state index contributed by atoms with van der Waals surface area (Å²) < 4.78 is 0. The van der Waals surface area contributed by atoms with Gasteiger partial charge in [-0.25, -0.2) is 0 Å². The quantitative estimate of drug-likeness (QED) is 0.619. The van der Waals surface area contributed by atoms with Gasteiger partial charge < -0.3 is 4.90 Å². The maximum Gasteiger partial charge on any atom is 0.149 e. The minimum atomic E-state index is -0.879. The van der Waals surface area contributed by atoms with Crippen LogP contribution >= 0.6 is 11.6 Å². The standard InChI is InChI=1S/C22H28ClNO2/c1-13-7-14(2)20-22(18(25)10-21(3,4)11-19(22)26)9-15-5-6-16(23)8-17(15)24(20)12-13/h5-6,8,13-14,20H,7,9-12H2,1-4H3/t13-,14+,20+/m1/s1. The second-order valence-corrected chi connectivity index (χ2v) is 10.1. The number of carbonyl (C=O) groups excluding carboxylic acids is 2. The molecule has 1 aromatic rings. The number of hydrogen-bond acceptors (Lipinski definition) is 3. The molecule has 1 saturated carbocycles. The van der Waals surface area contributed by atoms with Crippen LogP contribution in [0.1, 0.15) is 52.5 Å². The third-order valence-corrected chi connectivity index (χ3v) is 7.00. The zero-order valence-corrected chi connectivity index (χ0v) is 16.9. The molecule has 0 radical (unpaired) electrons. The average molecular weight is 374 g/mol. The molecule has 1 spiro atoms. The van der Waals surface area contributed by atoms with Crippen LogP contribution < -0.4 is 4.90 Å². The molecule has 2 aliphatic heterocycles. The molecule has 26 heavy (non-hydrogen) atoms. The minimum absolute atomic E-state index is 0.0410. The Hall–Kier alpha value is -1.35. The van der Waals surface area contributed by atoms with Crippen molar-refractivity contribution >= 4 is 28.9 Å². The fourth-order valence-corrected chi connectivity index (χ4v) is 6.05. The molecule has 2 fully saturated rings. The zero-order valence-electron chi connectivity index (χ0n) is 16.1. The van der Waals surface area contributed by atoms with Gasteiger partial charge in [-0.3, -0.25) is 9.59 Å². The van der Waals surface area contributed by atoms with E-state index in [1.165, 1.54) is 0 Å². The summed E-state index contributed by atoms with van der Waals surface area (Å²) in [4.78, 5) is 29.3. The van der Waals surface area contributed by atoms with Gasteiger partial charge in [0.1, 0.15) is 17.0 Å². The average Bonchev–Trinajstić information content (AvgIpc) is 2.51. The molecule has 1 aromatic carbocycles. The first-order valence-corrected chi connectivity index (χ1v) is 10.1. The Labute approximate surface area is 161 Å². The number of Topliss-reactive ketones (excluding diaryl/α,β-unsaturated/α-hetero) is 2. The summed E-state index contributed by atoms with van der Waals surface area (Å²) in [7, 11) is 0. The molecule has 0 bridgehead atoms. The van der Waals surface area contributed by atoms with Gasteiger partial charge in [0.2, 0.25) is 0 Å². The van der Waals surface area contributed by atoms with E-state index in [1.54, 1.807) is 0 Å². The number of piperidine rings is 1. The summed E-state index contributed by atoms with van der Waals surface area (Å²) in [6.07, 6.45) is 2.58. The minimum Gasteiger partial charge on any atom is -0.366 e. The van der Waals surface area contributed by atoms with Crippen LogP contribution in [0.4, 0.5) is 5.69 Å². The van der Waals surface area contributed by atoms with Crippen molar-refractivity contribution in [3.8, 4) is 0 Å². The van der Waals surface area contributed by atoms with Crippen molar-refractivity contribution in [2.75, 3.05) is 11.4 Å². The number of rotatable bonds is 0. The van der Waals surface area contributed by atoms with Gasteiger partial charge >= 0.3 is 0 Å². The van der Waals surface area contributed by atoms with Crippen LogP contribution in [-0.2, 0) is 16.0 Å². The van der Waals surface area contributed by atoms with Gasteiger partial charge in [0.05, 0.1) is 6.04 Å². The van der Waals surface area contributed by atoms with Gasteiger partial charge in [-0.15, -0.1) is 0 Å². The SMILES string of the molecule is C[C@@H]1C[C@H](C)[C@@H]2N(C1)c1cc(Cl)ccc1CC21C(=O)CC(C)(C)CC1=O. The molecule has 0 N–H and O–H groups in total. The lowest BCUT2D eigenvalue weighted by atomic mass is 9.54. The Kier molecular flexibility index (Phi) is 4.04. The number of halogens is 1. The molecule has 0 unspecified atom stereocenters. The van der Waals surface area contributed by atoms with Crippen molar-refractivity contribution in [3.05, 3.63) is 28.8 Å². The fraction of sp³-hybridized carbons (Fsp3) is 0.636. The van der Waals surface area contributed by atoms with Crippen molar-refractivity contribution in [2.45, 2.75) is 59.4 Å². The normalized spacial score (nSPS) is 32.3. The number of hydrogen-bond donors (Lipinski definition) is 0. The van der Waals surface area contributed by atoms with Crippen LogP contribution in [0.5, 0.6) is 0 Å². The van der Waals surface area contributed by atoms with E-state index in [9.17, 15) is 9.59 Å². The van der Waals surface area contributed by atoms with Crippen LogP contribution in [-0.4, -0.2) is 24.2 Å². The van der Waals surface area contributed by atoms with Crippen molar-refractivity contribution in [3.63, 3.8) is 0 Å². The first-order valence-electron chi connectivity index (χ1n) is 9.76. The van der Waals surface area contributed by atoms with Gasteiger partial charge in [0, 0.05) is 30.1 Å². The van der Waals surface area contributed by atoms with Gasteiger partial charge in [0.25, 0.3) is 0 Å². The molecule has 0 amide bonds. The van der Waals surface area contributed by atoms with E-state index in [2.05, 4.69) is 18.7 Å². The highest BCUT2D eigenvalue weighted by Crippen LogP contribution is 2.54. The van der Waals surface area contributed by atoms with E-state index in [0.717, 1.165) is 24.2 Å². The second kappa shape index (κ2) is 5.82. The number of carbonyl (C=O) groups is 2. The maximum absolute atomic E-state index is 13.5. The van der Waals surface area contributed by atoms with E-state index in [4.69, 9.17) is 11.6 Å². The smallest absolute Gasteiger partial charge is 0.149 e. The van der Waals surface area contributed by atoms with E-state index in [0.29, 0.717) is 36.1 Å². The molecule has 1 saturated heterocycles. The summed E-state index contributed by atoms with van der Waals surface area (Å²) in [5.41, 5.74) is 1.11. The largest absolute Gasteiger partial charge is 0.366 e. The molecule has 0 aromatic heterocycles. The molecule has 1 aliphatic carbocycles.